The minimum absolute atomic E-state index is 0.0127. The van der Waals surface area contributed by atoms with Crippen LogP contribution < -0.4 is 16.4 Å². The van der Waals surface area contributed by atoms with Crippen LogP contribution in [0.2, 0.25) is 0 Å². The van der Waals surface area contributed by atoms with Crippen molar-refractivity contribution in [2.75, 3.05) is 13.1 Å². The normalized spacial score (nSPS) is 18.2. The zero-order valence-corrected chi connectivity index (χ0v) is 16.7. The highest BCUT2D eigenvalue weighted by atomic mass is 16.4. The molecule has 164 valence electrons. The number of nitrogens with one attached hydrogen (secondary N) is 2. The fourth-order valence-corrected chi connectivity index (χ4v) is 3.22. The molecule has 1 saturated heterocycles. The highest BCUT2D eigenvalue weighted by Gasteiger charge is 2.36. The van der Waals surface area contributed by atoms with Gasteiger partial charge in [-0.2, -0.15) is 0 Å². The zero-order chi connectivity index (χ0) is 22.1. The SMILES string of the molecule is CC(C)CC(NC(=O)C1CCCN1C(=O)CN)C(=O)NC(CCC(=O)O)C(=O)O. The fourth-order valence-electron chi connectivity index (χ4n) is 3.22. The van der Waals surface area contributed by atoms with Crippen molar-refractivity contribution < 1.29 is 34.2 Å². The molecule has 11 nitrogen and oxygen atoms in total. The molecule has 3 atom stereocenters. The van der Waals surface area contributed by atoms with Gasteiger partial charge >= 0.3 is 11.9 Å². The monoisotopic (exact) mass is 414 g/mol. The molecule has 11 heteroatoms. The van der Waals surface area contributed by atoms with Crippen LogP contribution in [-0.4, -0.2) is 76.0 Å². The quantitative estimate of drug-likeness (QED) is 0.283. The predicted octanol–water partition coefficient (Wildman–Crippen LogP) is -1.10. The van der Waals surface area contributed by atoms with Crippen LogP contribution in [0.15, 0.2) is 0 Å². The summed E-state index contributed by atoms with van der Waals surface area (Å²) >= 11 is 0. The summed E-state index contributed by atoms with van der Waals surface area (Å²) in [7, 11) is 0. The van der Waals surface area contributed by atoms with Crippen molar-refractivity contribution in [3.63, 3.8) is 0 Å². The first-order valence-corrected chi connectivity index (χ1v) is 9.61. The van der Waals surface area contributed by atoms with E-state index in [1.165, 1.54) is 4.90 Å². The average molecular weight is 414 g/mol. The molecule has 0 aromatic rings. The molecule has 1 aliphatic heterocycles. The van der Waals surface area contributed by atoms with Crippen LogP contribution in [0.4, 0.5) is 0 Å². The summed E-state index contributed by atoms with van der Waals surface area (Å²) in [5.74, 6) is -4.08. The number of carboxylic acids is 2. The van der Waals surface area contributed by atoms with Gasteiger partial charge in [0, 0.05) is 13.0 Å². The van der Waals surface area contributed by atoms with E-state index in [2.05, 4.69) is 10.6 Å². The van der Waals surface area contributed by atoms with Crippen LogP contribution in [-0.2, 0) is 24.0 Å². The molecule has 0 saturated carbocycles. The number of carbonyl (C=O) groups is 5. The largest absolute Gasteiger partial charge is 0.481 e. The summed E-state index contributed by atoms with van der Waals surface area (Å²) in [6.07, 6.45) is 0.641. The van der Waals surface area contributed by atoms with E-state index >= 15 is 0 Å². The van der Waals surface area contributed by atoms with Gasteiger partial charge in [0.05, 0.1) is 6.54 Å². The Morgan fingerprint density at radius 3 is 2.28 bits per heavy atom. The third kappa shape index (κ3) is 7.68. The molecule has 1 fully saturated rings. The van der Waals surface area contributed by atoms with E-state index in [-0.39, 0.29) is 31.2 Å². The van der Waals surface area contributed by atoms with Crippen LogP contribution in [0, 0.1) is 5.92 Å². The summed E-state index contributed by atoms with van der Waals surface area (Å²) < 4.78 is 0. The summed E-state index contributed by atoms with van der Waals surface area (Å²) in [6.45, 7) is 3.87. The number of rotatable bonds is 11. The number of nitrogens with zero attached hydrogens (tertiary/aromatic N) is 1. The molecule has 0 aromatic heterocycles. The standard InChI is InChI=1S/C18H30N4O7/c1-10(2)8-12(16(26)20-11(18(28)29)5-6-15(24)25)21-17(27)13-4-3-7-22(13)14(23)9-19/h10-13H,3-9,19H2,1-2H3,(H,20,26)(H,21,27)(H,24,25)(H,28,29). The second-order valence-electron chi connectivity index (χ2n) is 7.47. The van der Waals surface area contributed by atoms with Gasteiger partial charge in [-0.25, -0.2) is 4.79 Å². The molecule has 0 aliphatic carbocycles. The molecule has 0 radical (unpaired) electrons. The van der Waals surface area contributed by atoms with Gasteiger partial charge in [0.15, 0.2) is 0 Å². The van der Waals surface area contributed by atoms with E-state index in [0.717, 1.165) is 0 Å². The Morgan fingerprint density at radius 2 is 1.76 bits per heavy atom. The Balaban J connectivity index is 2.85. The van der Waals surface area contributed by atoms with Gasteiger partial charge in [0.2, 0.25) is 17.7 Å². The van der Waals surface area contributed by atoms with Crippen molar-refractivity contribution in [3.8, 4) is 0 Å². The van der Waals surface area contributed by atoms with Crippen molar-refractivity contribution in [1.29, 1.82) is 0 Å². The third-order valence-electron chi connectivity index (χ3n) is 4.65. The lowest BCUT2D eigenvalue weighted by Gasteiger charge is -2.27. The Hall–Kier alpha value is -2.69. The van der Waals surface area contributed by atoms with E-state index in [1.807, 2.05) is 13.8 Å². The van der Waals surface area contributed by atoms with Gasteiger partial charge in [-0.05, 0) is 31.6 Å². The highest BCUT2D eigenvalue weighted by Crippen LogP contribution is 2.18. The van der Waals surface area contributed by atoms with Gasteiger partial charge in [0.1, 0.15) is 18.1 Å². The molecular formula is C18H30N4O7. The molecule has 6 N–H and O–H groups in total. The van der Waals surface area contributed by atoms with E-state index in [1.54, 1.807) is 0 Å². The third-order valence-corrected chi connectivity index (χ3v) is 4.65. The second kappa shape index (κ2) is 11.3. The number of hydrogen-bond donors (Lipinski definition) is 5. The number of carbonyl (C=O) groups excluding carboxylic acids is 3. The van der Waals surface area contributed by atoms with Crippen LogP contribution in [0.3, 0.4) is 0 Å². The minimum Gasteiger partial charge on any atom is -0.481 e. The number of likely N-dealkylation sites (tertiary alicyclic amines) is 1. The molecule has 1 aliphatic rings. The number of hydrogen-bond acceptors (Lipinski definition) is 6. The topological polar surface area (TPSA) is 179 Å². The molecule has 3 unspecified atom stereocenters. The van der Waals surface area contributed by atoms with Crippen LogP contribution in [0.25, 0.3) is 0 Å². The van der Waals surface area contributed by atoms with E-state index < -0.39 is 48.3 Å². The Labute approximate surface area is 169 Å². The molecule has 0 spiro atoms. The Morgan fingerprint density at radius 1 is 1.10 bits per heavy atom. The van der Waals surface area contributed by atoms with Crippen molar-refractivity contribution in [3.05, 3.63) is 0 Å². The number of amides is 3. The smallest absolute Gasteiger partial charge is 0.326 e. The van der Waals surface area contributed by atoms with Gasteiger partial charge in [0.25, 0.3) is 0 Å². The fraction of sp³-hybridized carbons (Fsp3) is 0.722. The maximum absolute atomic E-state index is 12.7. The van der Waals surface area contributed by atoms with Gasteiger partial charge in [-0.1, -0.05) is 13.8 Å². The average Bonchev–Trinajstić information content (AvgIpc) is 3.12. The van der Waals surface area contributed by atoms with Crippen molar-refractivity contribution >= 4 is 29.7 Å². The number of nitrogens with two attached hydrogens (primary N) is 1. The zero-order valence-electron chi connectivity index (χ0n) is 16.7. The van der Waals surface area contributed by atoms with Crippen molar-refractivity contribution in [1.82, 2.24) is 15.5 Å². The minimum atomic E-state index is -1.38. The first kappa shape index (κ1) is 24.3. The lowest BCUT2D eigenvalue weighted by atomic mass is 10.0. The van der Waals surface area contributed by atoms with Crippen molar-refractivity contribution in [2.45, 2.75) is 64.1 Å². The first-order chi connectivity index (χ1) is 13.6. The molecule has 0 aromatic carbocycles. The van der Waals surface area contributed by atoms with Crippen LogP contribution >= 0.6 is 0 Å². The molecule has 3 amide bonds. The lowest BCUT2D eigenvalue weighted by Crippen LogP contribution is -2.56. The van der Waals surface area contributed by atoms with E-state index in [4.69, 9.17) is 10.8 Å². The molecule has 1 heterocycles. The summed E-state index contributed by atoms with van der Waals surface area (Å²) in [5, 5.41) is 22.9. The number of aliphatic carboxylic acids is 2. The summed E-state index contributed by atoms with van der Waals surface area (Å²) in [5.41, 5.74) is 5.38. The predicted molar refractivity (Wildman–Crippen MR) is 102 cm³/mol. The van der Waals surface area contributed by atoms with Crippen molar-refractivity contribution in [2.24, 2.45) is 11.7 Å². The molecule has 0 bridgehead atoms. The van der Waals surface area contributed by atoms with Gasteiger partial charge in [-0.15, -0.1) is 0 Å². The van der Waals surface area contributed by atoms with E-state index in [9.17, 15) is 29.1 Å². The van der Waals surface area contributed by atoms with Gasteiger partial charge in [-0.3, -0.25) is 19.2 Å². The lowest BCUT2D eigenvalue weighted by molar-refractivity contribution is -0.144. The maximum atomic E-state index is 12.7. The summed E-state index contributed by atoms with van der Waals surface area (Å²) in [6, 6.07) is -3.12. The molecule has 29 heavy (non-hydrogen) atoms. The van der Waals surface area contributed by atoms with E-state index in [0.29, 0.717) is 19.4 Å². The second-order valence-corrected chi connectivity index (χ2v) is 7.47. The first-order valence-electron chi connectivity index (χ1n) is 9.61. The molecular weight excluding hydrogens is 384 g/mol. The van der Waals surface area contributed by atoms with Crippen LogP contribution in [0.5, 0.6) is 0 Å². The van der Waals surface area contributed by atoms with Crippen LogP contribution in [0.1, 0.15) is 46.0 Å². The number of carboxylic acid groups (broad SMARTS) is 2. The maximum Gasteiger partial charge on any atom is 0.326 e. The van der Waals surface area contributed by atoms with Gasteiger partial charge < -0.3 is 31.5 Å². The Kier molecular flexibility index (Phi) is 9.53. The Bertz CT molecular complexity index is 638. The highest BCUT2D eigenvalue weighted by molar-refractivity contribution is 5.94. The summed E-state index contributed by atoms with van der Waals surface area (Å²) in [4.78, 5) is 60.6. The molecule has 1 rings (SSSR count).